The topological polar surface area (TPSA) is 95.8 Å². The normalized spacial score (nSPS) is 19.8. The first-order valence-electron chi connectivity index (χ1n) is 13.5. The molecule has 0 atom stereocenters. The molecule has 0 bridgehead atoms. The highest BCUT2D eigenvalue weighted by atomic mass is 19.3. The van der Waals surface area contributed by atoms with Crippen LogP contribution in [0, 0.1) is 6.92 Å². The van der Waals surface area contributed by atoms with Crippen LogP contribution in [0.3, 0.4) is 0 Å². The molecule has 200 valence electrons. The second-order valence-electron chi connectivity index (χ2n) is 10.9. The maximum Gasteiger partial charge on any atom is 0.267 e. The maximum atomic E-state index is 13.7. The summed E-state index contributed by atoms with van der Waals surface area (Å²) in [6.07, 6.45) is 12.9. The fourth-order valence-electron chi connectivity index (χ4n) is 5.67. The van der Waals surface area contributed by atoms with Crippen LogP contribution in [0.25, 0.3) is 22.4 Å². The quantitative estimate of drug-likeness (QED) is 0.354. The van der Waals surface area contributed by atoms with Gasteiger partial charge in [-0.15, -0.1) is 10.2 Å². The second kappa shape index (κ2) is 9.03. The highest BCUT2D eigenvalue weighted by molar-refractivity contribution is 6.01. The fourth-order valence-corrected chi connectivity index (χ4v) is 5.67. The van der Waals surface area contributed by atoms with Crippen LogP contribution in [-0.4, -0.2) is 45.5 Å². The molecule has 4 aromatic rings. The van der Waals surface area contributed by atoms with E-state index in [4.69, 9.17) is 4.99 Å². The third kappa shape index (κ3) is 4.39. The van der Waals surface area contributed by atoms with E-state index in [2.05, 4.69) is 20.2 Å². The molecule has 3 aromatic heterocycles. The van der Waals surface area contributed by atoms with Gasteiger partial charge in [-0.3, -0.25) is 9.36 Å². The minimum atomic E-state index is -2.61. The van der Waals surface area contributed by atoms with Crippen molar-refractivity contribution < 1.29 is 8.78 Å². The van der Waals surface area contributed by atoms with Crippen LogP contribution in [-0.2, 0) is 0 Å². The average Bonchev–Trinajstić information content (AvgIpc) is 3.45. The Morgan fingerprint density at radius 1 is 1.03 bits per heavy atom. The van der Waals surface area contributed by atoms with Crippen molar-refractivity contribution in [3.63, 3.8) is 0 Å². The lowest BCUT2D eigenvalue weighted by atomic mass is 9.92. The lowest BCUT2D eigenvalue weighted by Gasteiger charge is -2.29. The minimum absolute atomic E-state index is 0.0954. The Kier molecular flexibility index (Phi) is 5.57. The molecule has 0 spiro atoms. The summed E-state index contributed by atoms with van der Waals surface area (Å²) < 4.78 is 32.8. The van der Waals surface area contributed by atoms with E-state index in [9.17, 15) is 13.6 Å². The summed E-state index contributed by atoms with van der Waals surface area (Å²) >= 11 is 0. The number of aromatic nitrogens is 7. The molecule has 4 heterocycles. The van der Waals surface area contributed by atoms with E-state index in [-0.39, 0.29) is 24.4 Å². The number of benzene rings is 1. The molecule has 9 nitrogen and oxygen atoms in total. The lowest BCUT2D eigenvalue weighted by Crippen LogP contribution is -2.28. The summed E-state index contributed by atoms with van der Waals surface area (Å²) in [6, 6.07) is 3.70. The molecule has 1 aromatic carbocycles. The lowest BCUT2D eigenvalue weighted by molar-refractivity contribution is -0.0440. The van der Waals surface area contributed by atoms with Gasteiger partial charge in [0, 0.05) is 31.0 Å². The van der Waals surface area contributed by atoms with Crippen LogP contribution >= 0.6 is 0 Å². The Hall–Kier alpha value is -4.02. The Morgan fingerprint density at radius 2 is 1.85 bits per heavy atom. The minimum Gasteiger partial charge on any atom is -0.309 e. The van der Waals surface area contributed by atoms with E-state index >= 15 is 0 Å². The molecule has 2 aliphatic carbocycles. The Labute approximate surface area is 222 Å². The molecule has 0 N–H and O–H groups in total. The van der Waals surface area contributed by atoms with Crippen LogP contribution in [0.2, 0.25) is 0 Å². The summed E-state index contributed by atoms with van der Waals surface area (Å²) in [5, 5.41) is 8.84. The van der Waals surface area contributed by atoms with Crippen LogP contribution in [0.5, 0.6) is 0 Å². The fraction of sp³-hybridized carbons (Fsp3) is 0.429. The smallest absolute Gasteiger partial charge is 0.267 e. The van der Waals surface area contributed by atoms with E-state index in [0.717, 1.165) is 16.9 Å². The van der Waals surface area contributed by atoms with E-state index in [0.29, 0.717) is 59.9 Å². The third-order valence-corrected chi connectivity index (χ3v) is 8.07. The number of halogens is 2. The SMILES string of the molecule is Cc1cc2ncn(C3=CCCC(c4nncn4C4CCC(F)(F)CC4)=N3)c(=O)c2cc1-n1cnc(C2CC2)c1. The van der Waals surface area contributed by atoms with E-state index in [1.165, 1.54) is 23.7 Å². The molecule has 2 saturated carbocycles. The average molecular weight is 531 g/mol. The van der Waals surface area contributed by atoms with Crippen LogP contribution < -0.4 is 5.56 Å². The van der Waals surface area contributed by atoms with Crippen molar-refractivity contribution in [2.24, 2.45) is 4.99 Å². The van der Waals surface area contributed by atoms with Gasteiger partial charge in [0.1, 0.15) is 18.5 Å². The van der Waals surface area contributed by atoms with Gasteiger partial charge in [-0.2, -0.15) is 0 Å². The van der Waals surface area contributed by atoms with Crippen LogP contribution in [0.4, 0.5) is 8.78 Å². The van der Waals surface area contributed by atoms with Crippen LogP contribution in [0.1, 0.15) is 80.4 Å². The van der Waals surface area contributed by atoms with Crippen LogP contribution in [0.15, 0.2) is 53.2 Å². The third-order valence-electron chi connectivity index (χ3n) is 8.07. The molecular weight excluding hydrogens is 502 g/mol. The van der Waals surface area contributed by atoms with Crippen molar-refractivity contribution in [3.8, 4) is 5.69 Å². The predicted molar refractivity (Wildman–Crippen MR) is 142 cm³/mol. The molecule has 0 saturated heterocycles. The molecule has 3 aliphatic rings. The van der Waals surface area contributed by atoms with Gasteiger partial charge in [-0.05, 0) is 69.2 Å². The second-order valence-corrected chi connectivity index (χ2v) is 10.9. The number of imidazole rings is 1. The van der Waals surface area contributed by atoms with Crippen molar-refractivity contribution >= 4 is 22.4 Å². The van der Waals surface area contributed by atoms with Gasteiger partial charge in [0.15, 0.2) is 5.82 Å². The van der Waals surface area contributed by atoms with Gasteiger partial charge >= 0.3 is 0 Å². The van der Waals surface area contributed by atoms with Gasteiger partial charge in [0.05, 0.1) is 34.3 Å². The summed E-state index contributed by atoms with van der Waals surface area (Å²) in [7, 11) is 0. The van der Waals surface area contributed by atoms with E-state index in [1.54, 1.807) is 12.7 Å². The Morgan fingerprint density at radius 3 is 2.64 bits per heavy atom. The molecule has 39 heavy (non-hydrogen) atoms. The maximum absolute atomic E-state index is 13.7. The van der Waals surface area contributed by atoms with Gasteiger partial charge in [-0.25, -0.2) is 23.7 Å². The number of nitrogens with zero attached hydrogens (tertiary/aromatic N) is 8. The first kappa shape index (κ1) is 24.1. The zero-order chi connectivity index (χ0) is 26.7. The summed E-state index contributed by atoms with van der Waals surface area (Å²) in [4.78, 5) is 27.6. The van der Waals surface area contributed by atoms with Crippen molar-refractivity contribution in [3.05, 3.63) is 70.8 Å². The monoisotopic (exact) mass is 530 g/mol. The number of rotatable bonds is 5. The van der Waals surface area contributed by atoms with Gasteiger partial charge < -0.3 is 9.13 Å². The number of hydrogen-bond donors (Lipinski definition) is 0. The molecule has 0 radical (unpaired) electrons. The Balaban J connectivity index is 1.23. The zero-order valence-electron chi connectivity index (χ0n) is 21.6. The standard InChI is InChI=1S/C28H28F2N8O/c1-17-11-22-20(12-24(17)36-13-23(31-14-36)18-5-6-18)27(39)38(15-32-22)25-4-2-3-21(34-25)26-35-33-16-37(26)19-7-9-28(29,30)10-8-19/h4,11-16,18-19H,2-3,5-10H2,1H3. The summed E-state index contributed by atoms with van der Waals surface area (Å²) in [5.41, 5.74) is 4.08. The Bertz CT molecular complexity index is 1700. The van der Waals surface area contributed by atoms with Gasteiger partial charge in [0.25, 0.3) is 5.56 Å². The zero-order valence-corrected chi connectivity index (χ0v) is 21.6. The molecule has 7 rings (SSSR count). The highest BCUT2D eigenvalue weighted by Gasteiger charge is 2.36. The number of aliphatic imine (C=N–C) groups is 1. The first-order valence-corrected chi connectivity index (χ1v) is 13.5. The summed E-state index contributed by atoms with van der Waals surface area (Å²) in [5.74, 6) is -1.02. The van der Waals surface area contributed by atoms with E-state index < -0.39 is 5.92 Å². The number of allylic oxidation sites excluding steroid dienone is 1. The summed E-state index contributed by atoms with van der Waals surface area (Å²) in [6.45, 7) is 2.00. The number of aryl methyl sites for hydroxylation is 1. The molecule has 0 amide bonds. The first-order chi connectivity index (χ1) is 18.9. The number of hydrogen-bond acceptors (Lipinski definition) is 6. The molecule has 1 aliphatic heterocycles. The molecular formula is C28H28F2N8O. The van der Waals surface area contributed by atoms with Gasteiger partial charge in [-0.1, -0.05) is 0 Å². The van der Waals surface area contributed by atoms with Crippen molar-refractivity contribution in [1.82, 2.24) is 33.9 Å². The van der Waals surface area contributed by atoms with Gasteiger partial charge in [0.2, 0.25) is 5.92 Å². The highest BCUT2D eigenvalue weighted by Crippen LogP contribution is 2.40. The van der Waals surface area contributed by atoms with Crippen molar-refractivity contribution in [2.45, 2.75) is 76.2 Å². The van der Waals surface area contributed by atoms with Crippen molar-refractivity contribution in [2.75, 3.05) is 0 Å². The number of fused-ring (bicyclic) bond motifs is 1. The molecule has 2 fully saturated rings. The number of alkyl halides is 2. The molecule has 11 heteroatoms. The molecule has 0 unspecified atom stereocenters. The van der Waals surface area contributed by atoms with Crippen molar-refractivity contribution in [1.29, 1.82) is 0 Å². The largest absolute Gasteiger partial charge is 0.309 e. The van der Waals surface area contributed by atoms with E-state index in [1.807, 2.05) is 40.5 Å². The predicted octanol–water partition coefficient (Wildman–Crippen LogP) is 5.19.